The molecule has 0 unspecified atom stereocenters. The third-order valence-corrected chi connectivity index (χ3v) is 5.87. The van der Waals surface area contributed by atoms with E-state index >= 15 is 0 Å². The van der Waals surface area contributed by atoms with Crippen molar-refractivity contribution in [2.45, 2.75) is 19.5 Å². The van der Waals surface area contributed by atoms with Crippen molar-refractivity contribution < 1.29 is 9.59 Å². The Morgan fingerprint density at radius 3 is 2.81 bits per heavy atom. The molecule has 2 amide bonds. The lowest BCUT2D eigenvalue weighted by Gasteiger charge is -2.16. The van der Waals surface area contributed by atoms with Gasteiger partial charge in [0.15, 0.2) is 5.82 Å². The molecule has 1 fully saturated rings. The van der Waals surface area contributed by atoms with E-state index in [1.165, 1.54) is 6.21 Å². The molecular weight excluding hydrogens is 408 g/mol. The molecule has 5 rings (SSSR count). The van der Waals surface area contributed by atoms with E-state index in [-0.39, 0.29) is 17.7 Å². The highest BCUT2D eigenvalue weighted by molar-refractivity contribution is 6.05. The van der Waals surface area contributed by atoms with Gasteiger partial charge in [-0.2, -0.15) is 5.10 Å². The first kappa shape index (κ1) is 19.9. The topological polar surface area (TPSA) is 120 Å². The molecule has 5 heterocycles. The van der Waals surface area contributed by atoms with Gasteiger partial charge >= 0.3 is 0 Å². The van der Waals surface area contributed by atoms with Crippen LogP contribution in [0.2, 0.25) is 0 Å². The number of hydrogen-bond acceptors (Lipinski definition) is 7. The predicted molar refractivity (Wildman–Crippen MR) is 118 cm³/mol. The summed E-state index contributed by atoms with van der Waals surface area (Å²) in [5.74, 6) is 0.460. The summed E-state index contributed by atoms with van der Waals surface area (Å²) in [5, 5.41) is 14.9. The third kappa shape index (κ3) is 3.49. The Kier molecular flexibility index (Phi) is 4.89. The van der Waals surface area contributed by atoms with Crippen molar-refractivity contribution in [3.63, 3.8) is 0 Å². The van der Waals surface area contributed by atoms with Crippen molar-refractivity contribution >= 4 is 35.4 Å². The quantitative estimate of drug-likeness (QED) is 0.598. The molecule has 3 aromatic rings. The average Bonchev–Trinajstić information content (AvgIpc) is 3.49. The van der Waals surface area contributed by atoms with Gasteiger partial charge in [0.2, 0.25) is 5.91 Å². The van der Waals surface area contributed by atoms with Crippen LogP contribution >= 0.6 is 0 Å². The standard InChI is InChI=1S/C22H22N8O2/c1-28-18(22(32)29-12-15-2-5-24-11-16(15)13-29)9-20(27-28)26-19-8-17(3-6-25-19)30-7-4-14(10-23)21(30)31/h2-3,5-6,8-11,14,23H,4,7,12-13H2,1H3,(H,25,26,27)/t14-/m1/s1. The summed E-state index contributed by atoms with van der Waals surface area (Å²) >= 11 is 0. The Balaban J connectivity index is 1.32. The summed E-state index contributed by atoms with van der Waals surface area (Å²) in [6, 6.07) is 7.17. The van der Waals surface area contributed by atoms with E-state index in [4.69, 9.17) is 5.41 Å². The minimum Gasteiger partial charge on any atom is -0.329 e. The van der Waals surface area contributed by atoms with Crippen LogP contribution in [-0.2, 0) is 24.9 Å². The fourth-order valence-corrected chi connectivity index (χ4v) is 4.15. The van der Waals surface area contributed by atoms with E-state index in [9.17, 15) is 9.59 Å². The van der Waals surface area contributed by atoms with Crippen molar-refractivity contribution in [3.8, 4) is 0 Å². The molecule has 2 aliphatic heterocycles. The van der Waals surface area contributed by atoms with Crippen LogP contribution in [0.3, 0.4) is 0 Å². The normalized spacial score (nSPS) is 17.5. The highest BCUT2D eigenvalue weighted by atomic mass is 16.2. The molecule has 0 bridgehead atoms. The summed E-state index contributed by atoms with van der Waals surface area (Å²) < 4.78 is 1.55. The summed E-state index contributed by atoms with van der Waals surface area (Å²) in [4.78, 5) is 37.4. The zero-order valence-corrected chi connectivity index (χ0v) is 17.5. The van der Waals surface area contributed by atoms with Crippen LogP contribution in [0.15, 0.2) is 42.9 Å². The molecule has 0 aromatic carbocycles. The Labute approximate surface area is 184 Å². The van der Waals surface area contributed by atoms with Crippen LogP contribution in [0.1, 0.15) is 28.0 Å². The van der Waals surface area contributed by atoms with Gasteiger partial charge < -0.3 is 20.5 Å². The maximum Gasteiger partial charge on any atom is 0.272 e. The van der Waals surface area contributed by atoms with E-state index in [2.05, 4.69) is 20.4 Å². The zero-order valence-electron chi connectivity index (χ0n) is 17.5. The van der Waals surface area contributed by atoms with Gasteiger partial charge in [-0.1, -0.05) is 0 Å². The summed E-state index contributed by atoms with van der Waals surface area (Å²) in [6.45, 7) is 1.65. The number of nitrogens with zero attached hydrogens (tertiary/aromatic N) is 6. The van der Waals surface area contributed by atoms with Crippen molar-refractivity contribution in [3.05, 3.63) is 59.7 Å². The number of aryl methyl sites for hydroxylation is 1. The number of rotatable bonds is 5. The second-order valence-electron chi connectivity index (χ2n) is 7.92. The van der Waals surface area contributed by atoms with Gasteiger partial charge in [-0.05, 0) is 29.7 Å². The first-order valence-electron chi connectivity index (χ1n) is 10.3. The van der Waals surface area contributed by atoms with Crippen molar-refractivity contribution in [1.82, 2.24) is 24.6 Å². The summed E-state index contributed by atoms with van der Waals surface area (Å²) in [5.41, 5.74) is 3.35. The number of nitrogens with one attached hydrogen (secondary N) is 2. The van der Waals surface area contributed by atoms with Gasteiger partial charge in [0.1, 0.15) is 11.5 Å². The van der Waals surface area contributed by atoms with E-state index in [1.54, 1.807) is 58.3 Å². The zero-order chi connectivity index (χ0) is 22.2. The minimum atomic E-state index is -0.364. The van der Waals surface area contributed by atoms with E-state index in [0.717, 1.165) is 11.1 Å². The lowest BCUT2D eigenvalue weighted by atomic mass is 10.1. The predicted octanol–water partition coefficient (Wildman–Crippen LogP) is 2.11. The fourth-order valence-electron chi connectivity index (χ4n) is 4.15. The molecule has 32 heavy (non-hydrogen) atoms. The van der Waals surface area contributed by atoms with E-state index in [1.807, 2.05) is 6.07 Å². The molecule has 0 radical (unpaired) electrons. The first-order chi connectivity index (χ1) is 15.5. The van der Waals surface area contributed by atoms with Crippen LogP contribution in [0.25, 0.3) is 0 Å². The maximum absolute atomic E-state index is 13.1. The van der Waals surface area contributed by atoms with Gasteiger partial charge in [0.25, 0.3) is 5.91 Å². The number of hydrogen-bond donors (Lipinski definition) is 2. The Bertz CT molecular complexity index is 1200. The molecule has 10 heteroatoms. The largest absolute Gasteiger partial charge is 0.329 e. The number of amides is 2. The van der Waals surface area contributed by atoms with E-state index in [0.29, 0.717) is 49.1 Å². The number of anilines is 3. The summed E-state index contributed by atoms with van der Waals surface area (Å²) in [6.07, 6.45) is 6.99. The van der Waals surface area contributed by atoms with Crippen LogP contribution in [-0.4, -0.2) is 49.2 Å². The van der Waals surface area contributed by atoms with Gasteiger partial charge in [-0.15, -0.1) is 0 Å². The SMILES string of the molecule is Cn1nc(Nc2cc(N3CC[C@H](C=N)C3=O)ccn2)cc1C(=O)N1Cc2ccncc2C1. The molecular formula is C22H22N8O2. The lowest BCUT2D eigenvalue weighted by Crippen LogP contribution is -2.27. The first-order valence-corrected chi connectivity index (χ1v) is 10.3. The molecule has 2 N–H and O–H groups in total. The van der Waals surface area contributed by atoms with Gasteiger partial charge in [-0.3, -0.25) is 19.3 Å². The van der Waals surface area contributed by atoms with Crippen LogP contribution in [0.4, 0.5) is 17.3 Å². The lowest BCUT2D eigenvalue weighted by molar-refractivity contribution is -0.118. The summed E-state index contributed by atoms with van der Waals surface area (Å²) in [7, 11) is 1.73. The van der Waals surface area contributed by atoms with Crippen LogP contribution in [0.5, 0.6) is 0 Å². The molecule has 0 aliphatic carbocycles. The fraction of sp³-hybridized carbons (Fsp3) is 0.273. The van der Waals surface area contributed by atoms with E-state index < -0.39 is 0 Å². The Hall–Kier alpha value is -4.08. The van der Waals surface area contributed by atoms with Gasteiger partial charge in [0, 0.05) is 69.3 Å². The van der Waals surface area contributed by atoms with Crippen molar-refractivity contribution in [2.75, 3.05) is 16.8 Å². The molecule has 0 spiro atoms. The molecule has 162 valence electrons. The Morgan fingerprint density at radius 2 is 2.03 bits per heavy atom. The minimum absolute atomic E-state index is 0.0790. The number of carbonyl (C=O) groups is 2. The maximum atomic E-state index is 13.1. The van der Waals surface area contributed by atoms with Gasteiger partial charge in [0.05, 0.1) is 5.92 Å². The average molecular weight is 430 g/mol. The molecule has 10 nitrogen and oxygen atoms in total. The number of pyridine rings is 2. The molecule has 1 atom stereocenters. The highest BCUT2D eigenvalue weighted by Gasteiger charge is 2.31. The molecule has 1 saturated heterocycles. The monoisotopic (exact) mass is 430 g/mol. The molecule has 2 aliphatic rings. The number of fused-ring (bicyclic) bond motifs is 1. The molecule has 3 aromatic heterocycles. The van der Waals surface area contributed by atoms with Crippen molar-refractivity contribution in [2.24, 2.45) is 13.0 Å². The van der Waals surface area contributed by atoms with Crippen molar-refractivity contribution in [1.29, 1.82) is 5.41 Å². The van der Waals surface area contributed by atoms with Gasteiger partial charge in [-0.25, -0.2) is 4.98 Å². The second-order valence-corrected chi connectivity index (χ2v) is 7.92. The molecule has 0 saturated carbocycles. The van der Waals surface area contributed by atoms with Crippen LogP contribution in [0, 0.1) is 11.3 Å². The second kappa shape index (κ2) is 7.88. The van der Waals surface area contributed by atoms with Crippen LogP contribution < -0.4 is 10.2 Å². The third-order valence-electron chi connectivity index (χ3n) is 5.87. The smallest absolute Gasteiger partial charge is 0.272 e. The Morgan fingerprint density at radius 1 is 1.19 bits per heavy atom. The number of aromatic nitrogens is 4. The highest BCUT2D eigenvalue weighted by Crippen LogP contribution is 2.27. The number of carbonyl (C=O) groups excluding carboxylic acids is 2.